The van der Waals surface area contributed by atoms with Gasteiger partial charge >= 0.3 is 5.97 Å². The molecular weight excluding hydrogens is 212 g/mol. The van der Waals surface area contributed by atoms with Crippen LogP contribution in [-0.2, 0) is 0 Å². The molecule has 1 saturated carbocycles. The number of carbonyl (C=O) groups is 1. The Bertz CT molecular complexity index is 391. The monoisotopic (exact) mass is 224 g/mol. The van der Waals surface area contributed by atoms with Crippen molar-refractivity contribution >= 4 is 17.7 Å². The topological polar surface area (TPSA) is 63.1 Å². The molecule has 1 aliphatic carbocycles. The SMILES string of the molecule is CSc1cc(C2CCC2)nc(C(=O)O)n1. The fraction of sp³-hybridized carbons (Fsp3) is 0.500. The Morgan fingerprint density at radius 3 is 2.73 bits per heavy atom. The molecule has 0 aromatic carbocycles. The van der Waals surface area contributed by atoms with E-state index in [2.05, 4.69) is 9.97 Å². The highest BCUT2D eigenvalue weighted by Gasteiger charge is 2.23. The first-order chi connectivity index (χ1) is 7.20. The second-order valence-corrected chi connectivity index (χ2v) is 4.42. The highest BCUT2D eigenvalue weighted by atomic mass is 32.2. The van der Waals surface area contributed by atoms with E-state index < -0.39 is 5.97 Å². The molecular formula is C10H12N2O2S. The highest BCUT2D eigenvalue weighted by molar-refractivity contribution is 7.98. The van der Waals surface area contributed by atoms with E-state index in [0.29, 0.717) is 5.92 Å². The summed E-state index contributed by atoms with van der Waals surface area (Å²) in [6.07, 6.45) is 5.33. The lowest BCUT2D eigenvalue weighted by atomic mass is 9.83. The van der Waals surface area contributed by atoms with Gasteiger partial charge in [-0.25, -0.2) is 14.8 Å². The number of aromatic nitrogens is 2. The molecule has 0 atom stereocenters. The minimum Gasteiger partial charge on any atom is -0.475 e. The van der Waals surface area contributed by atoms with E-state index in [4.69, 9.17) is 5.11 Å². The van der Waals surface area contributed by atoms with Crippen molar-refractivity contribution in [3.63, 3.8) is 0 Å². The molecule has 0 saturated heterocycles. The van der Waals surface area contributed by atoms with Crippen molar-refractivity contribution in [3.8, 4) is 0 Å². The molecule has 80 valence electrons. The zero-order chi connectivity index (χ0) is 10.8. The summed E-state index contributed by atoms with van der Waals surface area (Å²) in [5, 5.41) is 9.61. The van der Waals surface area contributed by atoms with Crippen LogP contribution in [0.2, 0.25) is 0 Å². The molecule has 4 nitrogen and oxygen atoms in total. The molecule has 2 rings (SSSR count). The van der Waals surface area contributed by atoms with Crippen LogP contribution in [-0.4, -0.2) is 27.3 Å². The van der Waals surface area contributed by atoms with E-state index >= 15 is 0 Å². The summed E-state index contributed by atoms with van der Waals surface area (Å²) >= 11 is 1.45. The molecule has 0 bridgehead atoms. The van der Waals surface area contributed by atoms with Crippen LogP contribution in [0.4, 0.5) is 0 Å². The average molecular weight is 224 g/mol. The maximum atomic E-state index is 10.8. The van der Waals surface area contributed by atoms with Crippen LogP contribution in [0.3, 0.4) is 0 Å². The van der Waals surface area contributed by atoms with E-state index in [1.54, 1.807) is 0 Å². The van der Waals surface area contributed by atoms with Crippen molar-refractivity contribution in [2.75, 3.05) is 6.26 Å². The minimum atomic E-state index is -1.05. The van der Waals surface area contributed by atoms with Gasteiger partial charge in [-0.15, -0.1) is 11.8 Å². The van der Waals surface area contributed by atoms with Gasteiger partial charge in [-0.2, -0.15) is 0 Å². The van der Waals surface area contributed by atoms with Crippen molar-refractivity contribution in [3.05, 3.63) is 17.6 Å². The Labute approximate surface area is 92.1 Å². The van der Waals surface area contributed by atoms with Gasteiger partial charge in [-0.1, -0.05) is 6.42 Å². The molecule has 15 heavy (non-hydrogen) atoms. The number of hydrogen-bond donors (Lipinski definition) is 1. The fourth-order valence-electron chi connectivity index (χ4n) is 1.56. The molecule has 1 aromatic rings. The summed E-state index contributed by atoms with van der Waals surface area (Å²) in [7, 11) is 0. The quantitative estimate of drug-likeness (QED) is 0.629. The predicted octanol–water partition coefficient (Wildman–Crippen LogP) is 2.16. The molecule has 5 heteroatoms. The third kappa shape index (κ3) is 2.12. The van der Waals surface area contributed by atoms with Gasteiger partial charge in [0.2, 0.25) is 5.82 Å². The summed E-state index contributed by atoms with van der Waals surface area (Å²) in [4.78, 5) is 18.8. The van der Waals surface area contributed by atoms with Gasteiger partial charge in [-0.3, -0.25) is 0 Å². The summed E-state index contributed by atoms with van der Waals surface area (Å²) < 4.78 is 0. The maximum absolute atomic E-state index is 10.8. The number of nitrogens with zero attached hydrogens (tertiary/aromatic N) is 2. The van der Waals surface area contributed by atoms with Crippen LogP contribution in [0.25, 0.3) is 0 Å². The lowest BCUT2D eigenvalue weighted by Gasteiger charge is -2.24. The van der Waals surface area contributed by atoms with Gasteiger partial charge in [0.25, 0.3) is 0 Å². The first-order valence-electron chi connectivity index (χ1n) is 4.87. The van der Waals surface area contributed by atoms with E-state index in [1.807, 2.05) is 12.3 Å². The standard InChI is InChI=1S/C10H12N2O2S/c1-15-8-5-7(6-3-2-4-6)11-9(12-8)10(13)14/h5-6H,2-4H2,1H3,(H,13,14). The van der Waals surface area contributed by atoms with Crippen molar-refractivity contribution in [2.45, 2.75) is 30.2 Å². The summed E-state index contributed by atoms with van der Waals surface area (Å²) in [5.41, 5.74) is 0.887. The number of rotatable bonds is 3. The number of carboxylic acid groups (broad SMARTS) is 1. The lowest BCUT2D eigenvalue weighted by Crippen LogP contribution is -2.14. The normalized spacial score (nSPS) is 16.1. The van der Waals surface area contributed by atoms with Crippen LogP contribution < -0.4 is 0 Å². The van der Waals surface area contributed by atoms with Gasteiger partial charge < -0.3 is 5.11 Å². The van der Waals surface area contributed by atoms with Gasteiger partial charge in [0.05, 0.1) is 0 Å². The van der Waals surface area contributed by atoms with Crippen molar-refractivity contribution in [2.24, 2.45) is 0 Å². The number of carboxylic acids is 1. The van der Waals surface area contributed by atoms with Crippen molar-refractivity contribution < 1.29 is 9.90 Å². The first kappa shape index (κ1) is 10.4. The Morgan fingerprint density at radius 1 is 1.53 bits per heavy atom. The van der Waals surface area contributed by atoms with E-state index in [-0.39, 0.29) is 5.82 Å². The minimum absolute atomic E-state index is 0.0799. The average Bonchev–Trinajstić information content (AvgIpc) is 2.14. The molecule has 1 fully saturated rings. The van der Waals surface area contributed by atoms with Crippen LogP contribution in [0.1, 0.15) is 41.5 Å². The second-order valence-electron chi connectivity index (χ2n) is 3.59. The highest BCUT2D eigenvalue weighted by Crippen LogP contribution is 2.36. The van der Waals surface area contributed by atoms with Crippen LogP contribution >= 0.6 is 11.8 Å². The lowest BCUT2D eigenvalue weighted by molar-refractivity contribution is 0.0682. The molecule has 1 aliphatic rings. The van der Waals surface area contributed by atoms with E-state index in [1.165, 1.54) is 18.2 Å². The molecule has 0 spiro atoms. The molecule has 1 aromatic heterocycles. The Balaban J connectivity index is 2.36. The molecule has 0 radical (unpaired) electrons. The van der Waals surface area contributed by atoms with Gasteiger partial charge in [0.15, 0.2) is 0 Å². The third-order valence-electron chi connectivity index (χ3n) is 2.65. The molecule has 0 amide bonds. The van der Waals surface area contributed by atoms with Crippen molar-refractivity contribution in [1.29, 1.82) is 0 Å². The third-order valence-corrected chi connectivity index (χ3v) is 3.27. The Hall–Kier alpha value is -1.10. The number of thioether (sulfide) groups is 1. The molecule has 0 unspecified atom stereocenters. The van der Waals surface area contributed by atoms with Gasteiger partial charge in [0.1, 0.15) is 5.03 Å². The van der Waals surface area contributed by atoms with Crippen LogP contribution in [0, 0.1) is 0 Å². The predicted molar refractivity (Wildman–Crippen MR) is 57.4 cm³/mol. The smallest absolute Gasteiger partial charge is 0.373 e. The Kier molecular flexibility index (Phi) is 2.90. The van der Waals surface area contributed by atoms with Gasteiger partial charge in [0, 0.05) is 11.6 Å². The second kappa shape index (κ2) is 4.18. The summed E-state index contributed by atoms with van der Waals surface area (Å²) in [5.74, 6) is -0.688. The number of aromatic carboxylic acids is 1. The fourth-order valence-corrected chi connectivity index (χ4v) is 1.97. The molecule has 1 N–H and O–H groups in total. The number of hydrogen-bond acceptors (Lipinski definition) is 4. The summed E-state index contributed by atoms with van der Waals surface area (Å²) in [6, 6.07) is 1.90. The largest absolute Gasteiger partial charge is 0.475 e. The zero-order valence-electron chi connectivity index (χ0n) is 8.43. The van der Waals surface area contributed by atoms with E-state index in [0.717, 1.165) is 23.6 Å². The summed E-state index contributed by atoms with van der Waals surface area (Å²) in [6.45, 7) is 0. The Morgan fingerprint density at radius 2 is 2.27 bits per heavy atom. The molecule has 1 heterocycles. The molecule has 0 aliphatic heterocycles. The van der Waals surface area contributed by atoms with Crippen LogP contribution in [0.5, 0.6) is 0 Å². The van der Waals surface area contributed by atoms with E-state index in [9.17, 15) is 4.79 Å². The van der Waals surface area contributed by atoms with Gasteiger partial charge in [-0.05, 0) is 25.2 Å². The van der Waals surface area contributed by atoms with Crippen molar-refractivity contribution in [1.82, 2.24) is 9.97 Å². The first-order valence-corrected chi connectivity index (χ1v) is 6.09. The maximum Gasteiger partial charge on any atom is 0.373 e. The van der Waals surface area contributed by atoms with Crippen LogP contribution in [0.15, 0.2) is 11.1 Å². The zero-order valence-corrected chi connectivity index (χ0v) is 9.25.